The highest BCUT2D eigenvalue weighted by Gasteiger charge is 2.24. The van der Waals surface area contributed by atoms with Gasteiger partial charge in [0.05, 0.1) is 6.10 Å². The zero-order chi connectivity index (χ0) is 17.0. The van der Waals surface area contributed by atoms with Crippen LogP contribution in [-0.4, -0.2) is 27.2 Å². The molecule has 2 aromatic carbocycles. The molecule has 1 atom stereocenters. The number of β-amino-alcohol motifs (C(OH)–C–C–N with tert-alkyl or cyclic N) is 1. The molecule has 0 amide bonds. The minimum Gasteiger partial charge on any atom is -0.508 e. The van der Waals surface area contributed by atoms with Crippen molar-refractivity contribution in [2.45, 2.75) is 45.9 Å². The number of nitrogens with zero attached hydrogens (tertiary/aromatic N) is 1. The van der Waals surface area contributed by atoms with Crippen molar-refractivity contribution < 1.29 is 10.2 Å². The Labute approximate surface area is 139 Å². The molecule has 0 spiro atoms. The van der Waals surface area contributed by atoms with E-state index in [9.17, 15) is 10.2 Å². The van der Waals surface area contributed by atoms with Crippen molar-refractivity contribution in [1.29, 1.82) is 0 Å². The number of aliphatic hydroxyl groups is 1. The van der Waals surface area contributed by atoms with Crippen LogP contribution in [0.3, 0.4) is 0 Å². The van der Waals surface area contributed by atoms with Crippen LogP contribution in [0.2, 0.25) is 0 Å². The molecule has 0 saturated heterocycles. The minimum atomic E-state index is -0.586. The zero-order valence-electron chi connectivity index (χ0n) is 14.5. The van der Waals surface area contributed by atoms with Gasteiger partial charge in [0, 0.05) is 18.6 Å². The van der Waals surface area contributed by atoms with Crippen LogP contribution >= 0.6 is 0 Å². The third-order valence-corrected chi connectivity index (χ3v) is 4.16. The normalized spacial score (nSPS) is 13.3. The lowest BCUT2D eigenvalue weighted by Gasteiger charge is -2.37. The summed E-state index contributed by atoms with van der Waals surface area (Å²) in [7, 11) is 0. The molecule has 0 aromatic heterocycles. The van der Waals surface area contributed by atoms with Crippen LogP contribution < -0.4 is 0 Å². The second-order valence-electron chi connectivity index (χ2n) is 7.10. The molecule has 0 aliphatic carbocycles. The maximum Gasteiger partial charge on any atom is 0.118 e. The Morgan fingerprint density at radius 2 is 1.70 bits per heavy atom. The lowest BCUT2D eigenvalue weighted by atomic mass is 10.0. The lowest BCUT2D eigenvalue weighted by molar-refractivity contribution is 0.0523. The first-order valence-corrected chi connectivity index (χ1v) is 8.04. The monoisotopic (exact) mass is 313 g/mol. The van der Waals surface area contributed by atoms with Gasteiger partial charge < -0.3 is 10.2 Å². The number of hydrogen-bond donors (Lipinski definition) is 2. The molecule has 3 nitrogen and oxygen atoms in total. The van der Waals surface area contributed by atoms with Crippen LogP contribution in [0.5, 0.6) is 5.75 Å². The van der Waals surface area contributed by atoms with Crippen molar-refractivity contribution in [3.8, 4) is 5.75 Å². The number of phenols is 1. The molecule has 2 rings (SSSR count). The van der Waals surface area contributed by atoms with Crippen LogP contribution in [-0.2, 0) is 6.54 Å². The van der Waals surface area contributed by atoms with Gasteiger partial charge in [0.2, 0.25) is 0 Å². The summed E-state index contributed by atoms with van der Waals surface area (Å²) < 4.78 is 0. The molecule has 1 unspecified atom stereocenters. The van der Waals surface area contributed by atoms with Gasteiger partial charge in [-0.15, -0.1) is 0 Å². The largest absolute Gasteiger partial charge is 0.508 e. The maximum atomic E-state index is 10.6. The van der Waals surface area contributed by atoms with Gasteiger partial charge in [-0.2, -0.15) is 0 Å². The Balaban J connectivity index is 2.15. The molecule has 0 aliphatic heterocycles. The van der Waals surface area contributed by atoms with E-state index in [1.165, 1.54) is 5.56 Å². The number of benzene rings is 2. The average molecular weight is 313 g/mol. The van der Waals surface area contributed by atoms with Gasteiger partial charge in [-0.1, -0.05) is 36.4 Å². The smallest absolute Gasteiger partial charge is 0.118 e. The molecule has 2 aromatic rings. The van der Waals surface area contributed by atoms with Gasteiger partial charge in [-0.05, 0) is 56.5 Å². The molecule has 23 heavy (non-hydrogen) atoms. The summed E-state index contributed by atoms with van der Waals surface area (Å²) in [5.41, 5.74) is 2.80. The van der Waals surface area contributed by atoms with E-state index < -0.39 is 6.10 Å². The van der Waals surface area contributed by atoms with Gasteiger partial charge in [0.25, 0.3) is 0 Å². The summed E-state index contributed by atoms with van der Waals surface area (Å²) in [4.78, 5) is 2.27. The Bertz CT molecular complexity index is 632. The lowest BCUT2D eigenvalue weighted by Crippen LogP contribution is -2.43. The Kier molecular flexibility index (Phi) is 5.45. The minimum absolute atomic E-state index is 0.0528. The second-order valence-corrected chi connectivity index (χ2v) is 7.10. The molecule has 0 fully saturated rings. The van der Waals surface area contributed by atoms with Crippen molar-refractivity contribution in [2.75, 3.05) is 6.54 Å². The molecule has 3 heteroatoms. The van der Waals surface area contributed by atoms with Gasteiger partial charge in [0.15, 0.2) is 0 Å². The standard InChI is InChI=1S/C20H27NO2/c1-15-12-17(10-11-18(15)22)19(23)14-21(20(2,3)4)13-16-8-6-5-7-9-16/h5-12,19,22-23H,13-14H2,1-4H3. The SMILES string of the molecule is Cc1cc(C(O)CN(Cc2ccccc2)C(C)(C)C)ccc1O. The zero-order valence-corrected chi connectivity index (χ0v) is 14.5. The molecule has 0 saturated carbocycles. The van der Waals surface area contributed by atoms with Crippen molar-refractivity contribution >= 4 is 0 Å². The third kappa shape index (κ3) is 4.81. The molecular weight excluding hydrogens is 286 g/mol. The number of phenolic OH excluding ortho intramolecular Hbond substituents is 1. The highest BCUT2D eigenvalue weighted by atomic mass is 16.3. The van der Waals surface area contributed by atoms with Gasteiger partial charge in [0.1, 0.15) is 5.75 Å². The second kappa shape index (κ2) is 7.16. The first-order valence-electron chi connectivity index (χ1n) is 8.04. The summed E-state index contributed by atoms with van der Waals surface area (Å²) in [6, 6.07) is 15.6. The molecule has 0 heterocycles. The summed E-state index contributed by atoms with van der Waals surface area (Å²) in [5, 5.41) is 20.3. The number of aliphatic hydroxyl groups excluding tert-OH is 1. The van der Waals surface area contributed by atoms with E-state index in [-0.39, 0.29) is 11.3 Å². The fraction of sp³-hybridized carbons (Fsp3) is 0.400. The van der Waals surface area contributed by atoms with Crippen molar-refractivity contribution in [3.63, 3.8) is 0 Å². The molecule has 0 radical (unpaired) electrons. The van der Waals surface area contributed by atoms with E-state index >= 15 is 0 Å². The number of rotatable bonds is 5. The number of hydrogen-bond acceptors (Lipinski definition) is 3. The highest BCUT2D eigenvalue weighted by molar-refractivity contribution is 5.36. The molecule has 0 bridgehead atoms. The summed E-state index contributed by atoms with van der Waals surface area (Å²) >= 11 is 0. The van der Waals surface area contributed by atoms with Crippen LogP contribution in [0, 0.1) is 6.92 Å². The van der Waals surface area contributed by atoms with E-state index in [0.29, 0.717) is 6.54 Å². The average Bonchev–Trinajstić information content (AvgIpc) is 2.49. The van der Waals surface area contributed by atoms with Crippen molar-refractivity contribution in [1.82, 2.24) is 4.90 Å². The molecular formula is C20H27NO2. The quantitative estimate of drug-likeness (QED) is 0.875. The Morgan fingerprint density at radius 3 is 2.26 bits per heavy atom. The molecule has 2 N–H and O–H groups in total. The van der Waals surface area contributed by atoms with E-state index in [1.54, 1.807) is 12.1 Å². The fourth-order valence-corrected chi connectivity index (χ4v) is 2.58. The fourth-order valence-electron chi connectivity index (χ4n) is 2.58. The van der Waals surface area contributed by atoms with Crippen LogP contribution in [0.25, 0.3) is 0 Å². The van der Waals surface area contributed by atoms with Crippen LogP contribution in [0.15, 0.2) is 48.5 Å². The topological polar surface area (TPSA) is 43.7 Å². The van der Waals surface area contributed by atoms with Crippen LogP contribution in [0.4, 0.5) is 0 Å². The van der Waals surface area contributed by atoms with E-state index in [4.69, 9.17) is 0 Å². The number of aryl methyl sites for hydroxylation is 1. The summed E-state index contributed by atoms with van der Waals surface area (Å²) in [6.45, 7) is 9.65. The Hall–Kier alpha value is -1.84. The van der Waals surface area contributed by atoms with Crippen molar-refractivity contribution in [3.05, 3.63) is 65.2 Å². The van der Waals surface area contributed by atoms with E-state index in [0.717, 1.165) is 17.7 Å². The van der Waals surface area contributed by atoms with Crippen LogP contribution in [0.1, 0.15) is 43.6 Å². The third-order valence-electron chi connectivity index (χ3n) is 4.16. The first kappa shape index (κ1) is 17.5. The van der Waals surface area contributed by atoms with Gasteiger partial charge in [-0.25, -0.2) is 0 Å². The summed E-state index contributed by atoms with van der Waals surface area (Å²) in [6.07, 6.45) is -0.586. The van der Waals surface area contributed by atoms with Gasteiger partial charge in [-0.3, -0.25) is 4.90 Å². The van der Waals surface area contributed by atoms with E-state index in [2.05, 4.69) is 37.8 Å². The molecule has 124 valence electrons. The summed E-state index contributed by atoms with van der Waals surface area (Å²) in [5.74, 6) is 0.262. The predicted molar refractivity (Wildman–Crippen MR) is 94.4 cm³/mol. The predicted octanol–water partition coefficient (Wildman–Crippen LogP) is 4.03. The van der Waals surface area contributed by atoms with E-state index in [1.807, 2.05) is 31.2 Å². The van der Waals surface area contributed by atoms with Gasteiger partial charge >= 0.3 is 0 Å². The Morgan fingerprint density at radius 1 is 1.04 bits per heavy atom. The molecule has 0 aliphatic rings. The highest BCUT2D eigenvalue weighted by Crippen LogP contribution is 2.25. The van der Waals surface area contributed by atoms with Crippen molar-refractivity contribution in [2.24, 2.45) is 0 Å². The first-order chi connectivity index (χ1) is 10.8. The number of aromatic hydroxyl groups is 1. The maximum absolute atomic E-state index is 10.6.